The quantitative estimate of drug-likeness (QED) is 0.348. The maximum Gasteiger partial charge on any atom is 0.199 e. The van der Waals surface area contributed by atoms with Crippen molar-refractivity contribution in [2.45, 2.75) is 31.7 Å². The topological polar surface area (TPSA) is 56.9 Å². The van der Waals surface area contributed by atoms with Crippen molar-refractivity contribution in [3.63, 3.8) is 0 Å². The molecule has 0 atom stereocenters. The number of allylic oxidation sites excluding steroid dienone is 7. The number of rotatable bonds is 5. The molecule has 4 rings (SSSR count). The van der Waals surface area contributed by atoms with Crippen molar-refractivity contribution in [2.75, 3.05) is 42.1 Å². The maximum absolute atomic E-state index is 6.09. The first-order valence-electron chi connectivity index (χ1n) is 11.7. The Morgan fingerprint density at radius 1 is 1.00 bits per heavy atom. The van der Waals surface area contributed by atoms with Gasteiger partial charge in [0.15, 0.2) is 10.3 Å². The second-order valence-electron chi connectivity index (χ2n) is 8.55. The van der Waals surface area contributed by atoms with Crippen LogP contribution in [0.4, 0.5) is 11.4 Å². The summed E-state index contributed by atoms with van der Waals surface area (Å²) in [4.78, 5) is 9.52. The highest BCUT2D eigenvalue weighted by molar-refractivity contribution is 8.14. The number of likely N-dealkylation sites (tertiary alicyclic amines) is 1. The summed E-state index contributed by atoms with van der Waals surface area (Å²) in [7, 11) is 0. The van der Waals surface area contributed by atoms with Gasteiger partial charge in [0.2, 0.25) is 0 Å². The summed E-state index contributed by atoms with van der Waals surface area (Å²) in [5, 5.41) is 4.02. The highest BCUT2D eigenvalue weighted by atomic mass is 32.2. The van der Waals surface area contributed by atoms with E-state index in [1.54, 1.807) is 0 Å². The van der Waals surface area contributed by atoms with E-state index >= 15 is 0 Å². The first kappa shape index (κ1) is 23.8. The van der Waals surface area contributed by atoms with Crippen molar-refractivity contribution in [3.05, 3.63) is 72.4 Å². The van der Waals surface area contributed by atoms with Gasteiger partial charge in [0.25, 0.3) is 0 Å². The number of thiocarbonyl (C=S) groups is 1. The Bertz CT molecular complexity index is 947. The van der Waals surface area contributed by atoms with Gasteiger partial charge < -0.3 is 20.9 Å². The first-order chi connectivity index (χ1) is 16.2. The summed E-state index contributed by atoms with van der Waals surface area (Å²) in [5.41, 5.74) is 9.47. The molecule has 1 aromatic carbocycles. The molecule has 0 aromatic heterocycles. The van der Waals surface area contributed by atoms with Crippen LogP contribution >= 0.6 is 24.0 Å². The second-order valence-corrected chi connectivity index (χ2v) is 9.93. The molecule has 2 saturated heterocycles. The summed E-state index contributed by atoms with van der Waals surface area (Å²) in [6.07, 6.45) is 19.5. The Morgan fingerprint density at radius 2 is 1.70 bits per heavy atom. The van der Waals surface area contributed by atoms with Crippen molar-refractivity contribution >= 4 is 45.6 Å². The van der Waals surface area contributed by atoms with E-state index in [1.165, 1.54) is 61.8 Å². The molecule has 0 amide bonds. The van der Waals surface area contributed by atoms with E-state index in [1.807, 2.05) is 30.4 Å². The number of amidine groups is 1. The van der Waals surface area contributed by atoms with Gasteiger partial charge in [-0.15, -0.1) is 0 Å². The van der Waals surface area contributed by atoms with Crippen LogP contribution in [0.3, 0.4) is 0 Å². The summed E-state index contributed by atoms with van der Waals surface area (Å²) in [6, 6.07) is 9.24. The van der Waals surface area contributed by atoms with E-state index in [0.717, 1.165) is 30.6 Å². The fourth-order valence-electron chi connectivity index (χ4n) is 4.50. The molecule has 1 aliphatic carbocycles. The Balaban J connectivity index is 1.23. The number of benzene rings is 1. The van der Waals surface area contributed by atoms with Crippen LogP contribution in [0.2, 0.25) is 0 Å². The third kappa shape index (κ3) is 7.32. The van der Waals surface area contributed by atoms with Crippen LogP contribution in [0.1, 0.15) is 25.7 Å². The molecule has 3 N–H and O–H groups in total. The molecule has 3 aliphatic rings. The average Bonchev–Trinajstić information content (AvgIpc) is 3.34. The lowest BCUT2D eigenvalue weighted by molar-refractivity contribution is 0.208. The van der Waals surface area contributed by atoms with Crippen LogP contribution in [0.5, 0.6) is 0 Å². The minimum absolute atomic E-state index is 0.379. The molecule has 7 heteroatoms. The van der Waals surface area contributed by atoms with Gasteiger partial charge in [0.1, 0.15) is 0 Å². The number of hydrogen-bond acceptors (Lipinski definition) is 4. The fourth-order valence-corrected chi connectivity index (χ4v) is 5.43. The number of thioether (sulfide) groups is 1. The van der Waals surface area contributed by atoms with Crippen molar-refractivity contribution < 1.29 is 0 Å². The molecular weight excluding hydrogens is 446 g/mol. The molecule has 0 saturated carbocycles. The van der Waals surface area contributed by atoms with Crippen LogP contribution in [-0.4, -0.2) is 53.2 Å². The highest BCUT2D eigenvalue weighted by Gasteiger charge is 2.26. The van der Waals surface area contributed by atoms with Gasteiger partial charge in [0.05, 0.1) is 0 Å². The van der Waals surface area contributed by atoms with Gasteiger partial charge in [-0.05, 0) is 80.8 Å². The molecule has 33 heavy (non-hydrogen) atoms. The van der Waals surface area contributed by atoms with Crippen LogP contribution in [-0.2, 0) is 0 Å². The van der Waals surface area contributed by atoms with Gasteiger partial charge in [-0.1, -0.05) is 54.3 Å². The highest BCUT2D eigenvalue weighted by Crippen LogP contribution is 2.26. The summed E-state index contributed by atoms with van der Waals surface area (Å²) < 4.78 is 0. The van der Waals surface area contributed by atoms with E-state index in [9.17, 15) is 0 Å². The van der Waals surface area contributed by atoms with Crippen LogP contribution < -0.4 is 16.0 Å². The molecule has 0 spiro atoms. The van der Waals surface area contributed by atoms with E-state index in [4.69, 9.17) is 18.0 Å². The lowest BCUT2D eigenvalue weighted by atomic mass is 10.0. The number of nitrogens with zero attached hydrogens (tertiary/aromatic N) is 3. The summed E-state index contributed by atoms with van der Waals surface area (Å²) in [6.45, 7) is 4.84. The average molecular weight is 480 g/mol. The Labute approximate surface area is 207 Å². The smallest absolute Gasteiger partial charge is 0.199 e. The van der Waals surface area contributed by atoms with Gasteiger partial charge in [-0.25, -0.2) is 0 Å². The predicted molar refractivity (Wildman–Crippen MR) is 148 cm³/mol. The van der Waals surface area contributed by atoms with E-state index in [0.29, 0.717) is 10.3 Å². The largest absolute Gasteiger partial charge is 0.378 e. The lowest BCUT2D eigenvalue weighted by Gasteiger charge is -2.37. The second kappa shape index (κ2) is 12.2. The lowest BCUT2D eigenvalue weighted by Crippen LogP contribution is -2.43. The Hall–Kier alpha value is -2.35. The van der Waals surface area contributed by atoms with Crippen molar-refractivity contribution in [3.8, 4) is 0 Å². The number of hydrogen-bond donors (Lipinski definition) is 2. The molecule has 2 heterocycles. The number of aliphatic imine (C=N–C) groups is 1. The number of nitrogens with two attached hydrogens (primary N) is 1. The van der Waals surface area contributed by atoms with Gasteiger partial charge >= 0.3 is 0 Å². The van der Waals surface area contributed by atoms with Crippen molar-refractivity contribution in [2.24, 2.45) is 10.7 Å². The third-order valence-corrected chi connectivity index (χ3v) is 7.33. The Kier molecular flexibility index (Phi) is 8.80. The van der Waals surface area contributed by atoms with Gasteiger partial charge in [0, 0.05) is 36.3 Å². The van der Waals surface area contributed by atoms with Gasteiger partial charge in [-0.3, -0.25) is 0 Å². The van der Waals surface area contributed by atoms with Crippen molar-refractivity contribution in [1.29, 1.82) is 0 Å². The number of piperidine rings is 1. The van der Waals surface area contributed by atoms with Crippen LogP contribution in [0, 0.1) is 0 Å². The molecule has 0 bridgehead atoms. The maximum atomic E-state index is 6.09. The molecule has 2 fully saturated rings. The normalized spacial score (nSPS) is 24.4. The molecule has 5 nitrogen and oxygen atoms in total. The molecule has 0 unspecified atom stereocenters. The monoisotopic (exact) mass is 479 g/mol. The van der Waals surface area contributed by atoms with Crippen molar-refractivity contribution in [1.82, 2.24) is 4.90 Å². The van der Waals surface area contributed by atoms with Crippen LogP contribution in [0.25, 0.3) is 0 Å². The van der Waals surface area contributed by atoms with E-state index in [2.05, 4.69) is 56.5 Å². The number of nitrogens with one attached hydrogen (secondary N) is 1. The zero-order chi connectivity index (χ0) is 22.9. The zero-order valence-corrected chi connectivity index (χ0v) is 20.7. The van der Waals surface area contributed by atoms with E-state index in [-0.39, 0.29) is 0 Å². The molecule has 1 aromatic rings. The predicted octanol–water partition coefficient (Wildman–Crippen LogP) is 5.10. The minimum Gasteiger partial charge on any atom is -0.378 e. The minimum atomic E-state index is 0.379. The molecule has 0 radical (unpaired) electrons. The van der Waals surface area contributed by atoms with E-state index < -0.39 is 0 Å². The fraction of sp³-hybridized carbons (Fsp3) is 0.385. The third-order valence-electron chi connectivity index (χ3n) is 6.27. The molecular formula is C26H33N5S2. The standard InChI is InChI=1S/C26H33N5S2/c27-25(33-20-21-8-4-2-1-3-5-9-21)29-26(32)28-22-10-12-23(13-11-22)31-18-14-24(15-19-31)30-16-6-7-17-30/h1-5,8-13,24H,6-7,14-20H2,(H3,27,28,29,32)/b2-1-,3-1?,4-2?,5-3-,8-4-,9-5?,21-8?,21-9+. The molecule has 2 aliphatic heterocycles. The summed E-state index contributed by atoms with van der Waals surface area (Å²) >= 11 is 6.87. The van der Waals surface area contributed by atoms with Gasteiger partial charge in [-0.2, -0.15) is 4.99 Å². The first-order valence-corrected chi connectivity index (χ1v) is 13.1. The Morgan fingerprint density at radius 3 is 2.45 bits per heavy atom. The summed E-state index contributed by atoms with van der Waals surface area (Å²) in [5.74, 6) is 0.746. The van der Waals surface area contributed by atoms with Crippen LogP contribution in [0.15, 0.2) is 77.4 Å². The SMILES string of the molecule is N/C(=N\C(=S)Nc1ccc(N2CCC(N3CCCC3)CC2)cc1)SCC1=C/C=C\C=C/C=C\1. The number of anilines is 2. The zero-order valence-electron chi connectivity index (χ0n) is 19.0. The molecule has 174 valence electrons.